The van der Waals surface area contributed by atoms with Crippen molar-refractivity contribution in [1.29, 1.82) is 0 Å². The standard InChI is InChI=1S/C13H13N3O6/c1-6-8(16(18)19)5-7-10(9(6)13(17)22-4)15-12(21-3)11(14-7)20-2/h5H,1-4H3. The fraction of sp³-hybridized carbons (Fsp3) is 0.308. The number of methoxy groups -OCH3 is 3. The van der Waals surface area contributed by atoms with Crippen LogP contribution < -0.4 is 9.47 Å². The quantitative estimate of drug-likeness (QED) is 0.476. The second kappa shape index (κ2) is 5.80. The topological polar surface area (TPSA) is 114 Å². The molecule has 0 saturated carbocycles. The number of esters is 1. The Kier molecular flexibility index (Phi) is 4.06. The van der Waals surface area contributed by atoms with Gasteiger partial charge in [-0.2, -0.15) is 0 Å². The van der Waals surface area contributed by atoms with Crippen LogP contribution in [0.2, 0.25) is 0 Å². The van der Waals surface area contributed by atoms with Gasteiger partial charge >= 0.3 is 5.97 Å². The second-order valence-electron chi connectivity index (χ2n) is 4.25. The Morgan fingerprint density at radius 1 is 1.18 bits per heavy atom. The molecular formula is C13H13N3O6. The number of nitrogens with zero attached hydrogens (tertiary/aromatic N) is 3. The average molecular weight is 307 g/mol. The van der Waals surface area contributed by atoms with Crippen molar-refractivity contribution in [3.8, 4) is 11.8 Å². The smallest absolute Gasteiger partial charge is 0.340 e. The van der Waals surface area contributed by atoms with E-state index in [0.717, 1.165) is 0 Å². The Hall–Kier alpha value is -2.97. The Morgan fingerprint density at radius 2 is 1.77 bits per heavy atom. The molecule has 0 aliphatic heterocycles. The van der Waals surface area contributed by atoms with Gasteiger partial charge in [-0.1, -0.05) is 0 Å². The summed E-state index contributed by atoms with van der Waals surface area (Å²) in [6, 6.07) is 1.23. The van der Waals surface area contributed by atoms with Crippen LogP contribution in [0.3, 0.4) is 0 Å². The molecule has 9 heteroatoms. The monoisotopic (exact) mass is 307 g/mol. The minimum absolute atomic E-state index is 0.0276. The summed E-state index contributed by atoms with van der Waals surface area (Å²) in [5.74, 6) is -0.620. The molecule has 2 aromatic rings. The van der Waals surface area contributed by atoms with Crippen LogP contribution in [0, 0.1) is 17.0 Å². The number of ether oxygens (including phenoxy) is 3. The number of benzene rings is 1. The first-order valence-electron chi connectivity index (χ1n) is 6.10. The zero-order valence-electron chi connectivity index (χ0n) is 12.4. The van der Waals surface area contributed by atoms with Crippen molar-refractivity contribution in [3.05, 3.63) is 27.3 Å². The van der Waals surface area contributed by atoms with Gasteiger partial charge in [0.1, 0.15) is 11.0 Å². The molecule has 0 N–H and O–H groups in total. The number of hydrogen-bond acceptors (Lipinski definition) is 8. The lowest BCUT2D eigenvalue weighted by molar-refractivity contribution is -0.385. The van der Waals surface area contributed by atoms with Gasteiger partial charge < -0.3 is 14.2 Å². The number of nitro benzene ring substituents is 1. The van der Waals surface area contributed by atoms with E-state index in [1.165, 1.54) is 34.3 Å². The lowest BCUT2D eigenvalue weighted by Crippen LogP contribution is -2.09. The van der Waals surface area contributed by atoms with Gasteiger partial charge in [-0.3, -0.25) is 10.1 Å². The van der Waals surface area contributed by atoms with Crippen molar-refractivity contribution in [1.82, 2.24) is 9.97 Å². The van der Waals surface area contributed by atoms with Gasteiger partial charge in [0, 0.05) is 11.6 Å². The third-order valence-corrected chi connectivity index (χ3v) is 3.10. The Bertz CT molecular complexity index is 774. The number of fused-ring (bicyclic) bond motifs is 1. The summed E-state index contributed by atoms with van der Waals surface area (Å²) in [6.45, 7) is 1.45. The average Bonchev–Trinajstić information content (AvgIpc) is 2.51. The van der Waals surface area contributed by atoms with E-state index in [2.05, 4.69) is 14.7 Å². The summed E-state index contributed by atoms with van der Waals surface area (Å²) < 4.78 is 14.8. The molecule has 0 unspecified atom stereocenters. The number of nitro groups is 1. The van der Waals surface area contributed by atoms with E-state index in [-0.39, 0.29) is 39.6 Å². The maximum absolute atomic E-state index is 12.0. The molecule has 116 valence electrons. The van der Waals surface area contributed by atoms with E-state index in [4.69, 9.17) is 9.47 Å². The predicted octanol–water partition coefficient (Wildman–Crippen LogP) is 1.65. The van der Waals surface area contributed by atoms with Gasteiger partial charge in [0.25, 0.3) is 17.4 Å². The molecule has 22 heavy (non-hydrogen) atoms. The van der Waals surface area contributed by atoms with E-state index in [1.807, 2.05) is 0 Å². The molecule has 0 aliphatic carbocycles. The molecule has 0 amide bonds. The van der Waals surface area contributed by atoms with Crippen LogP contribution in [-0.4, -0.2) is 42.2 Å². The maximum atomic E-state index is 12.0. The summed E-state index contributed by atoms with van der Waals surface area (Å²) >= 11 is 0. The molecule has 0 atom stereocenters. The van der Waals surface area contributed by atoms with Crippen LogP contribution >= 0.6 is 0 Å². The van der Waals surface area contributed by atoms with Crippen LogP contribution in [0.25, 0.3) is 11.0 Å². The molecule has 1 heterocycles. The van der Waals surface area contributed by atoms with Crippen molar-refractivity contribution in [2.45, 2.75) is 6.92 Å². The molecular weight excluding hydrogens is 294 g/mol. The van der Waals surface area contributed by atoms with Crippen LogP contribution in [0.4, 0.5) is 5.69 Å². The molecule has 0 fully saturated rings. The zero-order valence-corrected chi connectivity index (χ0v) is 12.4. The molecule has 0 bridgehead atoms. The minimum Gasteiger partial charge on any atom is -0.477 e. The number of rotatable bonds is 4. The summed E-state index contributed by atoms with van der Waals surface area (Å²) in [4.78, 5) is 30.8. The molecule has 9 nitrogen and oxygen atoms in total. The molecule has 1 aromatic carbocycles. The van der Waals surface area contributed by atoms with Gasteiger partial charge in [0.2, 0.25) is 0 Å². The summed E-state index contributed by atoms with van der Waals surface area (Å²) in [6.07, 6.45) is 0. The number of aromatic nitrogens is 2. The highest BCUT2D eigenvalue weighted by atomic mass is 16.6. The highest BCUT2D eigenvalue weighted by Gasteiger charge is 2.26. The molecule has 2 rings (SSSR count). The van der Waals surface area contributed by atoms with Crippen molar-refractivity contribution in [3.63, 3.8) is 0 Å². The first-order valence-corrected chi connectivity index (χ1v) is 6.10. The number of carbonyl (C=O) groups is 1. The molecule has 1 aromatic heterocycles. The molecule has 0 spiro atoms. The largest absolute Gasteiger partial charge is 0.477 e. The highest BCUT2D eigenvalue weighted by Crippen LogP contribution is 2.33. The lowest BCUT2D eigenvalue weighted by Gasteiger charge is -2.11. The Labute approximate surface area is 125 Å². The molecule has 0 radical (unpaired) electrons. The summed E-state index contributed by atoms with van der Waals surface area (Å²) in [5, 5.41) is 11.2. The van der Waals surface area contributed by atoms with Crippen molar-refractivity contribution in [2.75, 3.05) is 21.3 Å². The highest BCUT2D eigenvalue weighted by molar-refractivity contribution is 6.05. The maximum Gasteiger partial charge on any atom is 0.340 e. The predicted molar refractivity (Wildman–Crippen MR) is 75.4 cm³/mol. The van der Waals surface area contributed by atoms with Crippen LogP contribution in [0.5, 0.6) is 11.8 Å². The van der Waals surface area contributed by atoms with Gasteiger partial charge in [-0.05, 0) is 6.92 Å². The van der Waals surface area contributed by atoms with E-state index in [9.17, 15) is 14.9 Å². The van der Waals surface area contributed by atoms with Crippen LogP contribution in [-0.2, 0) is 4.74 Å². The Morgan fingerprint density at radius 3 is 2.27 bits per heavy atom. The number of hydrogen-bond donors (Lipinski definition) is 0. The Balaban J connectivity index is 2.94. The molecule has 0 saturated heterocycles. The van der Waals surface area contributed by atoms with Gasteiger partial charge in [0.05, 0.1) is 31.8 Å². The van der Waals surface area contributed by atoms with Crippen molar-refractivity contribution < 1.29 is 23.9 Å². The fourth-order valence-corrected chi connectivity index (χ4v) is 2.05. The first-order chi connectivity index (χ1) is 10.4. The zero-order chi connectivity index (χ0) is 16.4. The van der Waals surface area contributed by atoms with Crippen LogP contribution in [0.1, 0.15) is 15.9 Å². The SMILES string of the molecule is COC(=O)c1c(C)c([N+](=O)[O-])cc2nc(OC)c(OC)nc12. The summed E-state index contributed by atoms with van der Waals surface area (Å²) in [5.41, 5.74) is 0.142. The van der Waals surface area contributed by atoms with Gasteiger partial charge in [-0.15, -0.1) is 0 Å². The third-order valence-electron chi connectivity index (χ3n) is 3.10. The fourth-order valence-electron chi connectivity index (χ4n) is 2.05. The van der Waals surface area contributed by atoms with Crippen LogP contribution in [0.15, 0.2) is 6.07 Å². The summed E-state index contributed by atoms with van der Waals surface area (Å²) in [7, 11) is 3.91. The van der Waals surface area contributed by atoms with E-state index in [1.54, 1.807) is 0 Å². The second-order valence-corrected chi connectivity index (χ2v) is 4.25. The van der Waals surface area contributed by atoms with E-state index in [0.29, 0.717) is 0 Å². The normalized spacial score (nSPS) is 10.4. The van der Waals surface area contributed by atoms with Crippen molar-refractivity contribution >= 4 is 22.7 Å². The van der Waals surface area contributed by atoms with E-state index < -0.39 is 10.9 Å². The molecule has 0 aliphatic rings. The first kappa shape index (κ1) is 15.4. The minimum atomic E-state index is -0.743. The van der Waals surface area contributed by atoms with E-state index >= 15 is 0 Å². The van der Waals surface area contributed by atoms with Crippen molar-refractivity contribution in [2.24, 2.45) is 0 Å². The lowest BCUT2D eigenvalue weighted by atomic mass is 10.0. The number of carbonyl (C=O) groups excluding carboxylic acids is 1. The van der Waals surface area contributed by atoms with Gasteiger partial charge in [0.15, 0.2) is 0 Å². The third kappa shape index (κ3) is 2.36. The van der Waals surface area contributed by atoms with Gasteiger partial charge in [-0.25, -0.2) is 14.8 Å².